The Kier molecular flexibility index (Phi) is 5.22. The average molecular weight is 301 g/mol. The molecule has 0 saturated carbocycles. The fourth-order valence-electron chi connectivity index (χ4n) is 2.52. The summed E-state index contributed by atoms with van der Waals surface area (Å²) < 4.78 is 40.9. The number of rotatable bonds is 5. The molecule has 0 radical (unpaired) electrons. The predicted octanol–water partition coefficient (Wildman–Crippen LogP) is 3.69. The Morgan fingerprint density at radius 3 is 2.71 bits per heavy atom. The molecule has 0 aliphatic carbocycles. The summed E-state index contributed by atoms with van der Waals surface area (Å²) in [5.41, 5.74) is -0.00867. The van der Waals surface area contributed by atoms with Crippen molar-refractivity contribution in [3.05, 3.63) is 29.8 Å². The van der Waals surface area contributed by atoms with Crippen LogP contribution in [0.25, 0.3) is 0 Å². The highest BCUT2D eigenvalue weighted by molar-refractivity contribution is 5.98. The van der Waals surface area contributed by atoms with Gasteiger partial charge in [-0.2, -0.15) is 0 Å². The highest BCUT2D eigenvalue weighted by atomic mass is 19.4. The Morgan fingerprint density at radius 2 is 2.05 bits per heavy atom. The van der Waals surface area contributed by atoms with Gasteiger partial charge in [0, 0.05) is 12.5 Å². The SMILES string of the molecule is O=C(CCC1CCCCN1)c1ccccc1OC(F)(F)F. The molecule has 1 aromatic carbocycles. The van der Waals surface area contributed by atoms with Crippen molar-refractivity contribution in [2.45, 2.75) is 44.5 Å². The lowest BCUT2D eigenvalue weighted by Crippen LogP contribution is -2.34. The maximum Gasteiger partial charge on any atom is 0.573 e. The normalized spacial score (nSPS) is 19.3. The molecular weight excluding hydrogens is 283 g/mol. The first-order chi connectivity index (χ1) is 9.96. The van der Waals surface area contributed by atoms with Crippen LogP contribution in [0, 0.1) is 0 Å². The molecule has 1 aliphatic heterocycles. The van der Waals surface area contributed by atoms with Crippen molar-refractivity contribution in [1.29, 1.82) is 0 Å². The number of nitrogens with one attached hydrogen (secondary N) is 1. The molecule has 0 spiro atoms. The molecular formula is C15H18F3NO2. The molecule has 0 amide bonds. The van der Waals surface area contributed by atoms with Crippen molar-refractivity contribution < 1.29 is 22.7 Å². The zero-order valence-corrected chi connectivity index (χ0v) is 11.6. The number of hydrogen-bond acceptors (Lipinski definition) is 3. The molecule has 0 aromatic heterocycles. The van der Waals surface area contributed by atoms with E-state index in [9.17, 15) is 18.0 Å². The fraction of sp³-hybridized carbons (Fsp3) is 0.533. The smallest absolute Gasteiger partial charge is 0.405 e. The van der Waals surface area contributed by atoms with Crippen LogP contribution in [0.1, 0.15) is 42.5 Å². The number of halogens is 3. The van der Waals surface area contributed by atoms with Crippen LogP contribution < -0.4 is 10.1 Å². The number of ether oxygens (including phenoxy) is 1. The van der Waals surface area contributed by atoms with Gasteiger partial charge in [-0.05, 0) is 37.9 Å². The van der Waals surface area contributed by atoms with Crippen LogP contribution in [-0.4, -0.2) is 24.7 Å². The van der Waals surface area contributed by atoms with E-state index in [0.717, 1.165) is 25.8 Å². The maximum atomic E-state index is 12.3. The number of hydrogen-bond donors (Lipinski definition) is 1. The summed E-state index contributed by atoms with van der Waals surface area (Å²) >= 11 is 0. The monoisotopic (exact) mass is 301 g/mol. The number of ketones is 1. The Hall–Kier alpha value is -1.56. The summed E-state index contributed by atoms with van der Waals surface area (Å²) in [6, 6.07) is 5.77. The molecule has 1 heterocycles. The summed E-state index contributed by atoms with van der Waals surface area (Å²) in [5, 5.41) is 3.32. The molecule has 1 atom stereocenters. The molecule has 2 rings (SSSR count). The minimum absolute atomic E-state index is 0.00867. The standard InChI is InChI=1S/C15H18F3NO2/c16-15(17,18)21-14-7-2-1-6-12(14)13(20)9-8-11-5-3-4-10-19-11/h1-2,6-7,11,19H,3-5,8-10H2. The zero-order valence-electron chi connectivity index (χ0n) is 11.6. The van der Waals surface area contributed by atoms with E-state index in [4.69, 9.17) is 0 Å². The Bertz CT molecular complexity index is 482. The minimum atomic E-state index is -4.79. The molecule has 6 heteroatoms. The van der Waals surface area contributed by atoms with Crippen molar-refractivity contribution in [2.24, 2.45) is 0 Å². The lowest BCUT2D eigenvalue weighted by atomic mass is 9.97. The van der Waals surface area contributed by atoms with E-state index in [-0.39, 0.29) is 23.8 Å². The maximum absolute atomic E-state index is 12.3. The predicted molar refractivity (Wildman–Crippen MR) is 72.3 cm³/mol. The fourth-order valence-corrected chi connectivity index (χ4v) is 2.52. The van der Waals surface area contributed by atoms with Gasteiger partial charge in [0.15, 0.2) is 5.78 Å². The van der Waals surface area contributed by atoms with Crippen molar-refractivity contribution in [3.63, 3.8) is 0 Å². The Morgan fingerprint density at radius 1 is 1.29 bits per heavy atom. The summed E-state index contributed by atoms with van der Waals surface area (Å²) in [4.78, 5) is 12.1. The summed E-state index contributed by atoms with van der Waals surface area (Å²) in [5.74, 6) is -0.742. The van der Waals surface area contributed by atoms with E-state index in [2.05, 4.69) is 10.1 Å². The topological polar surface area (TPSA) is 38.3 Å². The second-order valence-corrected chi connectivity index (χ2v) is 5.15. The van der Waals surface area contributed by atoms with E-state index in [1.165, 1.54) is 24.3 Å². The number of carbonyl (C=O) groups excluding carboxylic acids is 1. The first-order valence-electron chi connectivity index (χ1n) is 7.07. The van der Waals surface area contributed by atoms with Gasteiger partial charge in [-0.3, -0.25) is 4.79 Å². The van der Waals surface area contributed by atoms with Gasteiger partial charge in [0.05, 0.1) is 5.56 Å². The molecule has 1 fully saturated rings. The van der Waals surface area contributed by atoms with Gasteiger partial charge in [-0.25, -0.2) is 0 Å². The van der Waals surface area contributed by atoms with E-state index in [1.807, 2.05) is 0 Å². The van der Waals surface area contributed by atoms with Crippen molar-refractivity contribution >= 4 is 5.78 Å². The quantitative estimate of drug-likeness (QED) is 0.843. The van der Waals surface area contributed by atoms with Gasteiger partial charge in [0.1, 0.15) is 5.75 Å². The summed E-state index contributed by atoms with van der Waals surface area (Å²) in [7, 11) is 0. The highest BCUT2D eigenvalue weighted by Gasteiger charge is 2.32. The molecule has 3 nitrogen and oxygen atoms in total. The molecule has 1 aliphatic rings. The van der Waals surface area contributed by atoms with Crippen molar-refractivity contribution in [2.75, 3.05) is 6.54 Å². The second-order valence-electron chi connectivity index (χ2n) is 5.15. The van der Waals surface area contributed by atoms with E-state index >= 15 is 0 Å². The Balaban J connectivity index is 1.98. The van der Waals surface area contributed by atoms with Crippen LogP contribution in [0.5, 0.6) is 5.75 Å². The summed E-state index contributed by atoms with van der Waals surface area (Å²) in [6.07, 6.45) is -0.670. The van der Waals surface area contributed by atoms with E-state index in [1.54, 1.807) is 0 Å². The third kappa shape index (κ3) is 5.04. The number of carbonyl (C=O) groups is 1. The van der Waals surface area contributed by atoms with Gasteiger partial charge < -0.3 is 10.1 Å². The lowest BCUT2D eigenvalue weighted by molar-refractivity contribution is -0.274. The van der Waals surface area contributed by atoms with Crippen LogP contribution in [0.3, 0.4) is 0 Å². The average Bonchev–Trinajstić information content (AvgIpc) is 2.45. The molecule has 116 valence electrons. The van der Waals surface area contributed by atoms with Gasteiger partial charge >= 0.3 is 6.36 Å². The summed E-state index contributed by atoms with van der Waals surface area (Å²) in [6.45, 7) is 0.937. The number of para-hydroxylation sites is 1. The van der Waals surface area contributed by atoms with Crippen LogP contribution in [0.4, 0.5) is 13.2 Å². The largest absolute Gasteiger partial charge is 0.573 e. The number of Topliss-reactive ketones (excluding diaryl/α,β-unsaturated/α-hetero) is 1. The minimum Gasteiger partial charge on any atom is -0.405 e. The highest BCUT2D eigenvalue weighted by Crippen LogP contribution is 2.27. The zero-order chi connectivity index (χ0) is 15.3. The third-order valence-corrected chi connectivity index (χ3v) is 3.55. The molecule has 0 bridgehead atoms. The van der Waals surface area contributed by atoms with Crippen LogP contribution in [-0.2, 0) is 0 Å². The van der Waals surface area contributed by atoms with E-state index < -0.39 is 12.1 Å². The first kappa shape index (κ1) is 15.8. The molecule has 21 heavy (non-hydrogen) atoms. The molecule has 1 unspecified atom stereocenters. The second kappa shape index (κ2) is 6.93. The number of alkyl halides is 3. The van der Waals surface area contributed by atoms with Crippen LogP contribution >= 0.6 is 0 Å². The number of benzene rings is 1. The molecule has 1 N–H and O–H groups in total. The Labute approximate surface area is 121 Å². The first-order valence-corrected chi connectivity index (χ1v) is 7.07. The van der Waals surface area contributed by atoms with Gasteiger partial charge in [0.2, 0.25) is 0 Å². The van der Waals surface area contributed by atoms with E-state index in [0.29, 0.717) is 6.42 Å². The van der Waals surface area contributed by atoms with Crippen LogP contribution in [0.15, 0.2) is 24.3 Å². The third-order valence-electron chi connectivity index (χ3n) is 3.55. The van der Waals surface area contributed by atoms with Gasteiger partial charge in [-0.1, -0.05) is 18.6 Å². The van der Waals surface area contributed by atoms with Crippen LogP contribution in [0.2, 0.25) is 0 Å². The van der Waals surface area contributed by atoms with Crippen molar-refractivity contribution in [3.8, 4) is 5.75 Å². The van der Waals surface area contributed by atoms with Crippen molar-refractivity contribution in [1.82, 2.24) is 5.32 Å². The number of piperidine rings is 1. The lowest BCUT2D eigenvalue weighted by Gasteiger charge is -2.23. The molecule has 1 saturated heterocycles. The van der Waals surface area contributed by atoms with Gasteiger partial charge in [0.25, 0.3) is 0 Å². The van der Waals surface area contributed by atoms with Gasteiger partial charge in [-0.15, -0.1) is 13.2 Å². The molecule has 1 aromatic rings.